The first-order valence-electron chi connectivity index (χ1n) is 5.78. The summed E-state index contributed by atoms with van der Waals surface area (Å²) in [4.78, 5) is 22.0. The molecule has 0 aliphatic carbocycles. The van der Waals surface area contributed by atoms with E-state index in [1.165, 1.54) is 0 Å². The van der Waals surface area contributed by atoms with Gasteiger partial charge in [-0.1, -0.05) is 20.4 Å². The maximum atomic E-state index is 11.3. The van der Waals surface area contributed by atoms with Crippen LogP contribution in [0.3, 0.4) is 0 Å². The molecule has 1 heterocycles. The Morgan fingerprint density at radius 2 is 2.17 bits per heavy atom. The van der Waals surface area contributed by atoms with Crippen LogP contribution in [0.15, 0.2) is 12.7 Å². The molecule has 1 aliphatic rings. The standard InChI is InChI=1S/C10H14O5S.C2H6/c1-3-8(11)13-6-9(12)15-10(2)7-16-5-4-14-10;1-2/h3H,1,4-7H2,2H3;1-2H3. The van der Waals surface area contributed by atoms with Gasteiger partial charge in [-0.15, -0.1) is 0 Å². The molecule has 1 unspecified atom stereocenters. The van der Waals surface area contributed by atoms with E-state index in [1.807, 2.05) is 13.8 Å². The first-order valence-corrected chi connectivity index (χ1v) is 6.94. The number of hydrogen-bond acceptors (Lipinski definition) is 6. The van der Waals surface area contributed by atoms with Gasteiger partial charge in [0.1, 0.15) is 0 Å². The molecule has 0 N–H and O–H groups in total. The van der Waals surface area contributed by atoms with Gasteiger partial charge in [0.2, 0.25) is 5.79 Å². The number of ether oxygens (including phenoxy) is 3. The second kappa shape index (κ2) is 8.99. The molecule has 0 aromatic heterocycles. The number of carbonyl (C=O) groups is 2. The van der Waals surface area contributed by atoms with Crippen molar-refractivity contribution in [2.24, 2.45) is 0 Å². The lowest BCUT2D eigenvalue weighted by Crippen LogP contribution is -2.42. The van der Waals surface area contributed by atoms with Crippen LogP contribution >= 0.6 is 11.8 Å². The van der Waals surface area contributed by atoms with E-state index in [-0.39, 0.29) is 0 Å². The molecule has 1 saturated heterocycles. The van der Waals surface area contributed by atoms with Gasteiger partial charge >= 0.3 is 11.9 Å². The van der Waals surface area contributed by atoms with E-state index in [9.17, 15) is 9.59 Å². The largest absolute Gasteiger partial charge is 0.451 e. The number of carbonyl (C=O) groups excluding carboxylic acids is 2. The third-order valence-corrected chi connectivity index (χ3v) is 3.01. The summed E-state index contributed by atoms with van der Waals surface area (Å²) in [6, 6.07) is 0. The summed E-state index contributed by atoms with van der Waals surface area (Å²) in [7, 11) is 0. The molecule has 0 saturated carbocycles. The molecule has 104 valence electrons. The first-order chi connectivity index (χ1) is 8.56. The lowest BCUT2D eigenvalue weighted by molar-refractivity contribution is -0.216. The van der Waals surface area contributed by atoms with Crippen LogP contribution in [0.1, 0.15) is 20.8 Å². The van der Waals surface area contributed by atoms with Crippen molar-refractivity contribution in [3.8, 4) is 0 Å². The molecule has 6 heteroatoms. The fraction of sp³-hybridized carbons (Fsp3) is 0.667. The number of esters is 2. The monoisotopic (exact) mass is 276 g/mol. The summed E-state index contributed by atoms with van der Waals surface area (Å²) in [6.07, 6.45) is 0.988. The number of rotatable bonds is 4. The van der Waals surface area contributed by atoms with Gasteiger partial charge in [-0.25, -0.2) is 9.59 Å². The van der Waals surface area contributed by atoms with Gasteiger partial charge in [0.25, 0.3) is 0 Å². The van der Waals surface area contributed by atoms with Gasteiger partial charge in [0, 0.05) is 18.8 Å². The van der Waals surface area contributed by atoms with E-state index in [0.29, 0.717) is 12.4 Å². The third kappa shape index (κ3) is 6.66. The molecule has 1 rings (SSSR count). The molecule has 0 aromatic carbocycles. The average Bonchev–Trinajstić information content (AvgIpc) is 2.38. The van der Waals surface area contributed by atoms with E-state index >= 15 is 0 Å². The Morgan fingerprint density at radius 3 is 2.67 bits per heavy atom. The topological polar surface area (TPSA) is 61.8 Å². The van der Waals surface area contributed by atoms with E-state index in [2.05, 4.69) is 11.3 Å². The van der Waals surface area contributed by atoms with Crippen LogP contribution in [0.5, 0.6) is 0 Å². The second-order valence-corrected chi connectivity index (χ2v) is 4.43. The van der Waals surface area contributed by atoms with E-state index < -0.39 is 24.3 Å². The number of hydrogen-bond donors (Lipinski definition) is 0. The maximum absolute atomic E-state index is 11.3. The Bertz CT molecular complexity index is 284. The van der Waals surface area contributed by atoms with Crippen LogP contribution in [-0.2, 0) is 23.8 Å². The molecule has 1 aliphatic heterocycles. The summed E-state index contributed by atoms with van der Waals surface area (Å²) in [5, 5.41) is 0. The average molecular weight is 276 g/mol. The van der Waals surface area contributed by atoms with Crippen molar-refractivity contribution in [3.05, 3.63) is 12.7 Å². The number of thioether (sulfide) groups is 1. The summed E-state index contributed by atoms with van der Waals surface area (Å²) in [6.45, 7) is 9.02. The Balaban J connectivity index is 0.00000137. The van der Waals surface area contributed by atoms with Gasteiger partial charge in [0.05, 0.1) is 12.4 Å². The smallest absolute Gasteiger partial charge is 0.346 e. The van der Waals surface area contributed by atoms with Crippen LogP contribution in [0.25, 0.3) is 0 Å². The first kappa shape index (κ1) is 17.0. The van der Waals surface area contributed by atoms with Crippen molar-refractivity contribution in [1.29, 1.82) is 0 Å². The van der Waals surface area contributed by atoms with Crippen molar-refractivity contribution in [2.45, 2.75) is 26.6 Å². The summed E-state index contributed by atoms with van der Waals surface area (Å²) in [5.41, 5.74) is 0. The SMILES string of the molecule is C=CC(=O)OCC(=O)OC1(C)CSCCO1.CC. The molecular formula is C12H20O5S. The van der Waals surface area contributed by atoms with E-state index in [0.717, 1.165) is 11.8 Å². The van der Waals surface area contributed by atoms with Crippen molar-refractivity contribution >= 4 is 23.7 Å². The zero-order chi connectivity index (χ0) is 14.0. The van der Waals surface area contributed by atoms with Crippen molar-refractivity contribution in [2.75, 3.05) is 24.7 Å². The van der Waals surface area contributed by atoms with Gasteiger partial charge in [-0.05, 0) is 0 Å². The Labute approximate surface area is 112 Å². The Kier molecular flexibility index (Phi) is 8.49. The van der Waals surface area contributed by atoms with Crippen LogP contribution in [0.2, 0.25) is 0 Å². The molecular weight excluding hydrogens is 256 g/mol. The molecule has 0 aromatic rings. The minimum atomic E-state index is -0.916. The zero-order valence-electron chi connectivity index (χ0n) is 11.1. The summed E-state index contributed by atoms with van der Waals surface area (Å²) >= 11 is 1.65. The Morgan fingerprint density at radius 1 is 1.50 bits per heavy atom. The highest BCUT2D eigenvalue weighted by molar-refractivity contribution is 7.99. The van der Waals surface area contributed by atoms with Gasteiger partial charge in [-0.3, -0.25) is 0 Å². The van der Waals surface area contributed by atoms with Crippen LogP contribution < -0.4 is 0 Å². The van der Waals surface area contributed by atoms with Crippen LogP contribution in [0, 0.1) is 0 Å². The van der Waals surface area contributed by atoms with Gasteiger partial charge in [-0.2, -0.15) is 11.8 Å². The molecule has 5 nitrogen and oxygen atoms in total. The summed E-state index contributed by atoms with van der Waals surface area (Å²) < 4.78 is 15.0. The predicted molar refractivity (Wildman–Crippen MR) is 70.3 cm³/mol. The van der Waals surface area contributed by atoms with E-state index in [4.69, 9.17) is 9.47 Å². The van der Waals surface area contributed by atoms with Crippen molar-refractivity contribution in [1.82, 2.24) is 0 Å². The van der Waals surface area contributed by atoms with Crippen LogP contribution in [0.4, 0.5) is 0 Å². The zero-order valence-corrected chi connectivity index (χ0v) is 11.9. The molecule has 1 atom stereocenters. The minimum absolute atomic E-state index is 0.422. The van der Waals surface area contributed by atoms with Crippen LogP contribution in [-0.4, -0.2) is 42.4 Å². The molecule has 0 amide bonds. The van der Waals surface area contributed by atoms with Gasteiger partial charge in [0.15, 0.2) is 6.61 Å². The highest BCUT2D eigenvalue weighted by Crippen LogP contribution is 2.24. The quantitative estimate of drug-likeness (QED) is 0.576. The molecule has 18 heavy (non-hydrogen) atoms. The third-order valence-electron chi connectivity index (χ3n) is 1.83. The highest BCUT2D eigenvalue weighted by Gasteiger charge is 2.32. The summed E-state index contributed by atoms with van der Waals surface area (Å²) in [5.74, 6) is -0.728. The predicted octanol–water partition coefficient (Wildman–Crippen LogP) is 1.76. The Hall–Kier alpha value is -1.01. The minimum Gasteiger partial charge on any atom is -0.451 e. The van der Waals surface area contributed by atoms with Gasteiger partial charge < -0.3 is 14.2 Å². The second-order valence-electron chi connectivity index (χ2n) is 3.32. The normalized spacial score (nSPS) is 22.2. The fourth-order valence-corrected chi connectivity index (χ4v) is 1.99. The molecule has 0 spiro atoms. The lowest BCUT2D eigenvalue weighted by atomic mass is 10.3. The lowest BCUT2D eigenvalue weighted by Gasteiger charge is -2.32. The van der Waals surface area contributed by atoms with Crippen molar-refractivity contribution < 1.29 is 23.8 Å². The fourth-order valence-electron chi connectivity index (χ4n) is 1.13. The highest BCUT2D eigenvalue weighted by atomic mass is 32.2. The molecule has 0 bridgehead atoms. The maximum Gasteiger partial charge on any atom is 0.346 e. The molecule has 0 radical (unpaired) electrons. The molecule has 1 fully saturated rings. The van der Waals surface area contributed by atoms with E-state index in [1.54, 1.807) is 18.7 Å². The van der Waals surface area contributed by atoms with Crippen molar-refractivity contribution in [3.63, 3.8) is 0 Å².